The van der Waals surface area contributed by atoms with Gasteiger partial charge in [0.25, 0.3) is 0 Å². The minimum Gasteiger partial charge on any atom is -0.330 e. The summed E-state index contributed by atoms with van der Waals surface area (Å²) in [7, 11) is 0. The number of carbonyl (C=O) groups is 1. The van der Waals surface area contributed by atoms with E-state index >= 15 is 0 Å². The summed E-state index contributed by atoms with van der Waals surface area (Å²) in [4.78, 5) is 12.0. The average molecular weight is 404 g/mol. The van der Waals surface area contributed by atoms with Crippen LogP contribution in [0.15, 0.2) is 18.2 Å². The summed E-state index contributed by atoms with van der Waals surface area (Å²) in [5.74, 6) is 0.529. The number of aryl methyl sites for hydroxylation is 1. The lowest BCUT2D eigenvalue weighted by atomic mass is 10.1. The summed E-state index contributed by atoms with van der Waals surface area (Å²) in [6, 6.07) is 4.62. The van der Waals surface area contributed by atoms with Gasteiger partial charge in [0.1, 0.15) is 11.6 Å². The Morgan fingerprint density at radius 1 is 1.31 bits per heavy atom. The molecule has 2 aromatic rings. The van der Waals surface area contributed by atoms with Gasteiger partial charge in [0.15, 0.2) is 5.82 Å². The van der Waals surface area contributed by atoms with E-state index in [9.17, 15) is 9.18 Å². The van der Waals surface area contributed by atoms with E-state index in [4.69, 9.17) is 5.73 Å². The second-order valence-electron chi connectivity index (χ2n) is 6.22. The van der Waals surface area contributed by atoms with Crippen molar-refractivity contribution in [2.45, 2.75) is 39.2 Å². The van der Waals surface area contributed by atoms with E-state index in [0.717, 1.165) is 37.2 Å². The molecule has 1 aromatic carbocycles. The van der Waals surface area contributed by atoms with E-state index in [1.165, 1.54) is 12.5 Å². The predicted molar refractivity (Wildman–Crippen MR) is 104 cm³/mol. The Morgan fingerprint density at radius 2 is 2.08 bits per heavy atom. The third-order valence-corrected chi connectivity index (χ3v) is 4.39. The van der Waals surface area contributed by atoms with Crippen LogP contribution in [0.1, 0.15) is 32.0 Å². The number of halogens is 3. The number of carbonyl (C=O) groups excluding carboxylic acids is 1. The maximum absolute atomic E-state index is 14.1. The first-order valence-corrected chi connectivity index (χ1v) is 8.33. The number of benzene rings is 1. The van der Waals surface area contributed by atoms with E-state index < -0.39 is 5.82 Å². The van der Waals surface area contributed by atoms with Crippen molar-refractivity contribution in [3.05, 3.63) is 29.8 Å². The van der Waals surface area contributed by atoms with Crippen LogP contribution < -0.4 is 11.1 Å². The zero-order valence-corrected chi connectivity index (χ0v) is 16.2. The van der Waals surface area contributed by atoms with Crippen molar-refractivity contribution in [3.63, 3.8) is 0 Å². The summed E-state index contributed by atoms with van der Waals surface area (Å²) in [5, 5.41) is 11.1. The van der Waals surface area contributed by atoms with Crippen LogP contribution in [0.2, 0.25) is 0 Å². The Balaban J connectivity index is 0.00000169. The first kappa shape index (κ1) is 22.3. The van der Waals surface area contributed by atoms with Gasteiger partial charge in [0.2, 0.25) is 5.91 Å². The number of anilines is 1. The van der Waals surface area contributed by atoms with Gasteiger partial charge >= 0.3 is 0 Å². The quantitative estimate of drug-likeness (QED) is 0.820. The van der Waals surface area contributed by atoms with Crippen LogP contribution in [-0.2, 0) is 17.8 Å². The van der Waals surface area contributed by atoms with E-state index in [-0.39, 0.29) is 48.9 Å². The van der Waals surface area contributed by atoms with Crippen LogP contribution in [-0.4, -0.2) is 27.2 Å². The first-order chi connectivity index (χ1) is 11.6. The van der Waals surface area contributed by atoms with Crippen molar-refractivity contribution in [3.8, 4) is 11.4 Å². The SMILES string of the molecule is CC(CN)C(=O)Nc1cc(-c2nnc3n2CCCCC3)ccc1F.Cl.Cl. The van der Waals surface area contributed by atoms with E-state index in [2.05, 4.69) is 20.1 Å². The molecule has 3 rings (SSSR count). The van der Waals surface area contributed by atoms with Gasteiger partial charge in [-0.1, -0.05) is 13.3 Å². The number of nitrogens with one attached hydrogen (secondary N) is 1. The molecule has 0 radical (unpaired) electrons. The van der Waals surface area contributed by atoms with Crippen molar-refractivity contribution in [1.29, 1.82) is 0 Å². The van der Waals surface area contributed by atoms with Crippen molar-refractivity contribution in [2.24, 2.45) is 11.7 Å². The highest BCUT2D eigenvalue weighted by Gasteiger charge is 2.18. The number of nitrogens with two attached hydrogens (primary N) is 1. The molecule has 2 heterocycles. The Labute approximate surface area is 164 Å². The van der Waals surface area contributed by atoms with Crippen LogP contribution in [0.4, 0.5) is 10.1 Å². The topological polar surface area (TPSA) is 85.8 Å². The molecule has 9 heteroatoms. The molecule has 3 N–H and O–H groups in total. The molecule has 0 aliphatic carbocycles. The number of nitrogens with zero attached hydrogens (tertiary/aromatic N) is 3. The average Bonchev–Trinajstić information content (AvgIpc) is 2.84. The molecule has 0 bridgehead atoms. The Morgan fingerprint density at radius 3 is 2.81 bits per heavy atom. The van der Waals surface area contributed by atoms with Gasteiger partial charge in [-0.25, -0.2) is 4.39 Å². The molecule has 1 amide bonds. The standard InChI is InChI=1S/C17H22FN5O.2ClH/c1-11(10-19)17(24)20-14-9-12(6-7-13(14)18)16-22-21-15-5-3-2-4-8-23(15)16;;/h6-7,9,11H,2-5,8,10,19H2,1H3,(H,20,24);2*1H. The molecule has 0 spiro atoms. The fraction of sp³-hybridized carbons (Fsp3) is 0.471. The lowest BCUT2D eigenvalue weighted by Crippen LogP contribution is -2.27. The van der Waals surface area contributed by atoms with Gasteiger partial charge < -0.3 is 15.6 Å². The zero-order valence-electron chi connectivity index (χ0n) is 14.6. The van der Waals surface area contributed by atoms with Gasteiger partial charge in [-0.2, -0.15) is 0 Å². The minimum absolute atomic E-state index is 0. The largest absolute Gasteiger partial charge is 0.330 e. The fourth-order valence-electron chi connectivity index (χ4n) is 2.82. The van der Waals surface area contributed by atoms with Crippen LogP contribution >= 0.6 is 24.8 Å². The van der Waals surface area contributed by atoms with E-state index in [0.29, 0.717) is 5.82 Å². The highest BCUT2D eigenvalue weighted by Crippen LogP contribution is 2.26. The number of aromatic nitrogens is 3. The molecule has 6 nitrogen and oxygen atoms in total. The van der Waals surface area contributed by atoms with Crippen LogP contribution in [0.3, 0.4) is 0 Å². The molecule has 144 valence electrons. The lowest BCUT2D eigenvalue weighted by molar-refractivity contribution is -0.119. The van der Waals surface area contributed by atoms with Gasteiger partial charge in [0.05, 0.1) is 5.69 Å². The lowest BCUT2D eigenvalue weighted by Gasteiger charge is -2.12. The molecule has 26 heavy (non-hydrogen) atoms. The normalized spacial score (nSPS) is 14.3. The maximum atomic E-state index is 14.1. The second-order valence-corrected chi connectivity index (χ2v) is 6.22. The summed E-state index contributed by atoms with van der Waals surface area (Å²) in [6.07, 6.45) is 4.27. The monoisotopic (exact) mass is 403 g/mol. The van der Waals surface area contributed by atoms with Crippen LogP contribution in [0.5, 0.6) is 0 Å². The number of rotatable bonds is 4. The number of fused-ring (bicyclic) bond motifs is 1. The second kappa shape index (κ2) is 9.85. The molecule has 0 fully saturated rings. The van der Waals surface area contributed by atoms with Crippen molar-refractivity contribution in [1.82, 2.24) is 14.8 Å². The first-order valence-electron chi connectivity index (χ1n) is 8.33. The zero-order chi connectivity index (χ0) is 17.1. The molecule has 0 saturated heterocycles. The molecule has 1 aromatic heterocycles. The highest BCUT2D eigenvalue weighted by molar-refractivity contribution is 5.93. The molecule has 0 saturated carbocycles. The fourth-order valence-corrected chi connectivity index (χ4v) is 2.82. The highest BCUT2D eigenvalue weighted by atomic mass is 35.5. The Hall–Kier alpha value is -1.70. The molecule has 1 aliphatic heterocycles. The third-order valence-electron chi connectivity index (χ3n) is 4.39. The van der Waals surface area contributed by atoms with Gasteiger partial charge in [-0.15, -0.1) is 35.0 Å². The molecule has 1 aliphatic rings. The van der Waals surface area contributed by atoms with E-state index in [1.54, 1.807) is 19.1 Å². The molecular formula is C17H24Cl2FN5O. The number of amides is 1. The Kier molecular flexibility index (Phi) is 8.46. The van der Waals surface area contributed by atoms with Gasteiger partial charge in [0, 0.05) is 31.0 Å². The van der Waals surface area contributed by atoms with Crippen LogP contribution in [0, 0.1) is 11.7 Å². The summed E-state index contributed by atoms with van der Waals surface area (Å²) in [5.41, 5.74) is 6.37. The van der Waals surface area contributed by atoms with Crippen molar-refractivity contribution < 1.29 is 9.18 Å². The van der Waals surface area contributed by atoms with Crippen molar-refractivity contribution >= 4 is 36.4 Å². The van der Waals surface area contributed by atoms with E-state index in [1.807, 2.05) is 0 Å². The molecule has 1 atom stereocenters. The summed E-state index contributed by atoms with van der Waals surface area (Å²) in [6.45, 7) is 2.78. The minimum atomic E-state index is -0.480. The summed E-state index contributed by atoms with van der Waals surface area (Å²) < 4.78 is 16.1. The maximum Gasteiger partial charge on any atom is 0.228 e. The number of hydrogen-bond donors (Lipinski definition) is 2. The van der Waals surface area contributed by atoms with Crippen molar-refractivity contribution in [2.75, 3.05) is 11.9 Å². The third kappa shape index (κ3) is 4.72. The number of hydrogen-bond acceptors (Lipinski definition) is 4. The van der Waals surface area contributed by atoms with Crippen LogP contribution in [0.25, 0.3) is 11.4 Å². The summed E-state index contributed by atoms with van der Waals surface area (Å²) >= 11 is 0. The van der Waals surface area contributed by atoms with Gasteiger partial charge in [-0.05, 0) is 31.0 Å². The smallest absolute Gasteiger partial charge is 0.228 e. The molecule has 1 unspecified atom stereocenters. The predicted octanol–water partition coefficient (Wildman–Crippen LogP) is 3.19. The molecular weight excluding hydrogens is 380 g/mol. The van der Waals surface area contributed by atoms with Gasteiger partial charge in [-0.3, -0.25) is 4.79 Å². The Bertz CT molecular complexity index is 753.